The fourth-order valence-electron chi connectivity index (χ4n) is 2.08. The number of aliphatic hydroxyl groups excluding tert-OH is 2. The Kier molecular flexibility index (Phi) is 7.85. The molecular formula is C16H19NO7. The largest absolute Gasteiger partial charge is 0.469 e. The molecule has 0 aliphatic heterocycles. The van der Waals surface area contributed by atoms with Crippen LogP contribution < -0.4 is 0 Å². The van der Waals surface area contributed by atoms with Crippen LogP contribution in [0.4, 0.5) is 0 Å². The molecule has 1 rings (SSSR count). The van der Waals surface area contributed by atoms with Gasteiger partial charge in [-0.1, -0.05) is 30.3 Å². The Labute approximate surface area is 139 Å². The molecular weight excluding hydrogens is 318 g/mol. The molecule has 2 N–H and O–H groups in total. The van der Waals surface area contributed by atoms with Crippen LogP contribution >= 0.6 is 0 Å². The second-order valence-electron chi connectivity index (χ2n) is 4.80. The van der Waals surface area contributed by atoms with Crippen molar-refractivity contribution in [1.29, 1.82) is 5.26 Å². The van der Waals surface area contributed by atoms with Crippen molar-refractivity contribution in [2.45, 2.75) is 18.3 Å². The molecule has 8 heteroatoms. The standard InChI is InChI=1S/C16H19NO7/c1-22-15(20)11(9-18)14(13(19)16(21)23-2)24-12(8-17)10-6-4-3-5-7-10/h3-7,11-14,18-19H,9H2,1-2H3/t11-,12-,13-,14-/m1/s1. The number of hydrogen-bond donors (Lipinski definition) is 2. The van der Waals surface area contributed by atoms with Crippen molar-refractivity contribution in [3.63, 3.8) is 0 Å². The summed E-state index contributed by atoms with van der Waals surface area (Å²) in [5, 5.41) is 28.8. The number of benzene rings is 1. The highest BCUT2D eigenvalue weighted by Crippen LogP contribution is 2.24. The van der Waals surface area contributed by atoms with E-state index in [0.29, 0.717) is 5.56 Å². The van der Waals surface area contributed by atoms with E-state index in [1.165, 1.54) is 0 Å². The SMILES string of the molecule is COC(=O)[C@H](O)[C@H](O[C@H](C#N)c1ccccc1)[C@@H](CO)C(=O)OC. The Morgan fingerprint density at radius 3 is 2.21 bits per heavy atom. The molecule has 24 heavy (non-hydrogen) atoms. The van der Waals surface area contributed by atoms with Crippen LogP contribution in [0.5, 0.6) is 0 Å². The Morgan fingerprint density at radius 1 is 1.17 bits per heavy atom. The zero-order valence-corrected chi connectivity index (χ0v) is 13.3. The molecule has 0 amide bonds. The molecule has 0 bridgehead atoms. The first-order chi connectivity index (χ1) is 11.5. The smallest absolute Gasteiger partial charge is 0.337 e. The van der Waals surface area contributed by atoms with Crippen molar-refractivity contribution in [2.75, 3.05) is 20.8 Å². The third kappa shape index (κ3) is 4.76. The summed E-state index contributed by atoms with van der Waals surface area (Å²) in [6.45, 7) is -0.752. The van der Waals surface area contributed by atoms with Crippen LogP contribution in [-0.4, -0.2) is 55.2 Å². The highest BCUT2D eigenvalue weighted by Gasteiger charge is 2.41. The molecule has 0 unspecified atom stereocenters. The van der Waals surface area contributed by atoms with Crippen LogP contribution in [-0.2, 0) is 23.8 Å². The van der Waals surface area contributed by atoms with Crippen LogP contribution in [0.15, 0.2) is 30.3 Å². The zero-order chi connectivity index (χ0) is 18.1. The minimum Gasteiger partial charge on any atom is -0.469 e. The van der Waals surface area contributed by atoms with Crippen molar-refractivity contribution >= 4 is 11.9 Å². The van der Waals surface area contributed by atoms with E-state index in [0.717, 1.165) is 14.2 Å². The maximum absolute atomic E-state index is 11.8. The van der Waals surface area contributed by atoms with Gasteiger partial charge in [-0.3, -0.25) is 4.79 Å². The summed E-state index contributed by atoms with van der Waals surface area (Å²) in [7, 11) is 2.14. The number of esters is 2. The average Bonchev–Trinajstić information content (AvgIpc) is 2.64. The molecule has 0 aliphatic rings. The van der Waals surface area contributed by atoms with Gasteiger partial charge in [0.25, 0.3) is 0 Å². The average molecular weight is 337 g/mol. The first-order valence-electron chi connectivity index (χ1n) is 7.04. The molecule has 0 spiro atoms. The van der Waals surface area contributed by atoms with Crippen molar-refractivity contribution in [2.24, 2.45) is 5.92 Å². The number of nitriles is 1. The van der Waals surface area contributed by atoms with Crippen molar-refractivity contribution < 1.29 is 34.0 Å². The number of hydrogen-bond acceptors (Lipinski definition) is 8. The monoisotopic (exact) mass is 337 g/mol. The van der Waals surface area contributed by atoms with Crippen LogP contribution in [0.2, 0.25) is 0 Å². The van der Waals surface area contributed by atoms with Gasteiger partial charge in [-0.15, -0.1) is 0 Å². The van der Waals surface area contributed by atoms with Crippen LogP contribution in [0.3, 0.4) is 0 Å². The van der Waals surface area contributed by atoms with E-state index >= 15 is 0 Å². The van der Waals surface area contributed by atoms with Crippen molar-refractivity contribution in [3.8, 4) is 6.07 Å². The second-order valence-corrected chi connectivity index (χ2v) is 4.80. The molecule has 1 aromatic carbocycles. The lowest BCUT2D eigenvalue weighted by molar-refractivity contribution is -0.175. The van der Waals surface area contributed by atoms with Crippen LogP contribution in [0.25, 0.3) is 0 Å². The summed E-state index contributed by atoms with van der Waals surface area (Å²) in [5.74, 6) is -3.33. The van der Waals surface area contributed by atoms with Gasteiger partial charge >= 0.3 is 11.9 Å². The maximum atomic E-state index is 11.8. The second kappa shape index (κ2) is 9.62. The summed E-state index contributed by atoms with van der Waals surface area (Å²) >= 11 is 0. The molecule has 0 radical (unpaired) electrons. The summed E-state index contributed by atoms with van der Waals surface area (Å²) < 4.78 is 14.5. The number of carbonyl (C=O) groups is 2. The van der Waals surface area contributed by atoms with Gasteiger partial charge in [0.1, 0.15) is 12.0 Å². The highest BCUT2D eigenvalue weighted by atomic mass is 16.6. The topological polar surface area (TPSA) is 126 Å². The van der Waals surface area contributed by atoms with E-state index in [1.807, 2.05) is 6.07 Å². The lowest BCUT2D eigenvalue weighted by Crippen LogP contribution is -2.47. The molecule has 0 aromatic heterocycles. The first kappa shape index (κ1) is 19.6. The van der Waals surface area contributed by atoms with E-state index in [4.69, 9.17) is 4.74 Å². The van der Waals surface area contributed by atoms with E-state index in [-0.39, 0.29) is 0 Å². The summed E-state index contributed by atoms with van der Waals surface area (Å²) in [4.78, 5) is 23.4. The quantitative estimate of drug-likeness (QED) is 0.632. The number of carbonyl (C=O) groups excluding carboxylic acids is 2. The zero-order valence-electron chi connectivity index (χ0n) is 13.3. The first-order valence-corrected chi connectivity index (χ1v) is 7.04. The van der Waals surface area contributed by atoms with Crippen molar-refractivity contribution in [1.82, 2.24) is 0 Å². The van der Waals surface area contributed by atoms with E-state index in [2.05, 4.69) is 9.47 Å². The fraction of sp³-hybridized carbons (Fsp3) is 0.438. The number of rotatable bonds is 8. The van der Waals surface area contributed by atoms with Crippen molar-refractivity contribution in [3.05, 3.63) is 35.9 Å². The molecule has 0 aliphatic carbocycles. The Hall–Kier alpha value is -2.47. The lowest BCUT2D eigenvalue weighted by atomic mass is 9.97. The number of nitrogens with zero attached hydrogens (tertiary/aromatic N) is 1. The van der Waals surface area contributed by atoms with Gasteiger partial charge in [0.15, 0.2) is 12.2 Å². The molecule has 0 heterocycles. The van der Waals surface area contributed by atoms with Gasteiger partial charge in [0, 0.05) is 0 Å². The molecule has 130 valence electrons. The van der Waals surface area contributed by atoms with Gasteiger partial charge in [-0.05, 0) is 5.56 Å². The Morgan fingerprint density at radius 2 is 1.75 bits per heavy atom. The normalized spacial score (nSPS) is 15.5. The molecule has 0 saturated carbocycles. The Bertz CT molecular complexity index is 584. The minimum atomic E-state index is -1.88. The van der Waals surface area contributed by atoms with Gasteiger partial charge in [0.2, 0.25) is 0 Å². The lowest BCUT2D eigenvalue weighted by Gasteiger charge is -2.28. The summed E-state index contributed by atoms with van der Waals surface area (Å²) in [6, 6.07) is 10.2. The molecule has 0 fully saturated rings. The van der Waals surface area contributed by atoms with E-state index in [1.54, 1.807) is 30.3 Å². The fourth-order valence-corrected chi connectivity index (χ4v) is 2.08. The molecule has 0 saturated heterocycles. The molecule has 1 aromatic rings. The van der Waals surface area contributed by atoms with Crippen LogP contribution in [0, 0.1) is 17.2 Å². The Balaban J connectivity index is 3.14. The number of methoxy groups -OCH3 is 2. The minimum absolute atomic E-state index is 0.462. The predicted molar refractivity (Wildman–Crippen MR) is 80.3 cm³/mol. The van der Waals surface area contributed by atoms with E-state index in [9.17, 15) is 25.1 Å². The maximum Gasteiger partial charge on any atom is 0.337 e. The van der Waals surface area contributed by atoms with Gasteiger partial charge in [-0.2, -0.15) is 5.26 Å². The number of aliphatic hydroxyl groups is 2. The van der Waals surface area contributed by atoms with Gasteiger partial charge < -0.3 is 24.4 Å². The molecule has 8 nitrogen and oxygen atoms in total. The molecule has 4 atom stereocenters. The van der Waals surface area contributed by atoms with Gasteiger partial charge in [0.05, 0.1) is 26.9 Å². The van der Waals surface area contributed by atoms with E-state index < -0.39 is 42.8 Å². The van der Waals surface area contributed by atoms with Crippen LogP contribution in [0.1, 0.15) is 11.7 Å². The number of ether oxygens (including phenoxy) is 3. The van der Waals surface area contributed by atoms with Gasteiger partial charge in [-0.25, -0.2) is 4.79 Å². The predicted octanol–water partition coefficient (Wildman–Crippen LogP) is -0.0481. The summed E-state index contributed by atoms with van der Waals surface area (Å²) in [5.41, 5.74) is 0.462. The highest BCUT2D eigenvalue weighted by molar-refractivity contribution is 5.78. The third-order valence-corrected chi connectivity index (χ3v) is 3.36. The third-order valence-electron chi connectivity index (χ3n) is 3.36. The summed E-state index contributed by atoms with van der Waals surface area (Å²) in [6.07, 6.45) is -4.58.